The minimum atomic E-state index is -0.0670. The van der Waals surface area contributed by atoms with Gasteiger partial charge >= 0.3 is 6.03 Å². The number of nitrogens with zero attached hydrogens (tertiary/aromatic N) is 4. The molecule has 2 N–H and O–H groups in total. The number of nitrogens with one attached hydrogen (secondary N) is 1. The third-order valence-electron chi connectivity index (χ3n) is 4.91. The minimum absolute atomic E-state index is 0.0589. The van der Waals surface area contributed by atoms with Crippen LogP contribution in [0.25, 0.3) is 0 Å². The summed E-state index contributed by atoms with van der Waals surface area (Å²) in [7, 11) is 0. The van der Waals surface area contributed by atoms with Gasteiger partial charge in [0.15, 0.2) is 0 Å². The quantitative estimate of drug-likeness (QED) is 0.818. The Kier molecular flexibility index (Phi) is 6.47. The highest BCUT2D eigenvalue weighted by atomic mass is 16.3. The number of piperazine rings is 1. The highest BCUT2D eigenvalue weighted by Gasteiger charge is 2.22. The number of aryl methyl sites for hydroxylation is 2. The van der Waals surface area contributed by atoms with Gasteiger partial charge in [-0.3, -0.25) is 10.2 Å². The average molecular weight is 371 g/mol. The summed E-state index contributed by atoms with van der Waals surface area (Å²) >= 11 is 0. The van der Waals surface area contributed by atoms with Gasteiger partial charge in [-0.1, -0.05) is 31.2 Å². The summed E-state index contributed by atoms with van der Waals surface area (Å²) in [6.45, 7) is 8.70. The summed E-state index contributed by atoms with van der Waals surface area (Å²) in [5, 5.41) is 16.9. The second kappa shape index (κ2) is 9.01. The average Bonchev–Trinajstić information content (AvgIpc) is 3.02. The number of carbonyl (C=O) groups is 1. The molecular weight excluding hydrogens is 342 g/mol. The molecule has 0 spiro atoms. The number of urea groups is 1. The lowest BCUT2D eigenvalue weighted by atomic mass is 10.1. The standard InChI is InChI=1S/C20H29N5O2/c1-3-8-25-19(13-16(2)22-25)21-20(27)24-11-9-23(10-12-24)14-17-6-4-5-7-18(17)15-26/h4-7,13,26H,3,8-12,14-15H2,1-2H3,(H,21,27). The molecule has 1 saturated heterocycles. The molecular formula is C20H29N5O2. The molecule has 0 atom stereocenters. The molecule has 1 aliphatic rings. The van der Waals surface area contributed by atoms with Crippen molar-refractivity contribution in [3.05, 3.63) is 47.2 Å². The van der Waals surface area contributed by atoms with Crippen LogP contribution < -0.4 is 5.32 Å². The van der Waals surface area contributed by atoms with E-state index in [9.17, 15) is 9.90 Å². The first-order valence-electron chi connectivity index (χ1n) is 9.61. The van der Waals surface area contributed by atoms with Gasteiger partial charge in [0.05, 0.1) is 12.3 Å². The van der Waals surface area contributed by atoms with Gasteiger partial charge in [-0.15, -0.1) is 0 Å². The van der Waals surface area contributed by atoms with Crippen LogP contribution in [0.3, 0.4) is 0 Å². The number of aliphatic hydroxyl groups excluding tert-OH is 1. The Balaban J connectivity index is 1.53. The molecule has 27 heavy (non-hydrogen) atoms. The molecule has 0 aliphatic carbocycles. The Morgan fingerprint density at radius 3 is 2.56 bits per heavy atom. The van der Waals surface area contributed by atoms with Gasteiger partial charge in [-0.2, -0.15) is 5.10 Å². The summed E-state index contributed by atoms with van der Waals surface area (Å²) in [6, 6.07) is 9.81. The molecule has 0 bridgehead atoms. The number of rotatable bonds is 6. The summed E-state index contributed by atoms with van der Waals surface area (Å²) in [5.41, 5.74) is 3.03. The number of carbonyl (C=O) groups excluding carboxylic acids is 1. The maximum Gasteiger partial charge on any atom is 0.323 e. The Bertz CT molecular complexity index is 765. The molecule has 7 nitrogen and oxygen atoms in total. The largest absolute Gasteiger partial charge is 0.392 e. The van der Waals surface area contributed by atoms with Crippen molar-refractivity contribution in [2.75, 3.05) is 31.5 Å². The second-order valence-corrected chi connectivity index (χ2v) is 7.01. The predicted octanol–water partition coefficient (Wildman–Crippen LogP) is 2.44. The Morgan fingerprint density at radius 1 is 1.19 bits per heavy atom. The van der Waals surface area contributed by atoms with Crippen molar-refractivity contribution < 1.29 is 9.90 Å². The van der Waals surface area contributed by atoms with E-state index in [-0.39, 0.29) is 12.6 Å². The van der Waals surface area contributed by atoms with E-state index in [2.05, 4.69) is 28.3 Å². The SMILES string of the molecule is CCCn1nc(C)cc1NC(=O)N1CCN(Cc2ccccc2CO)CC1. The monoisotopic (exact) mass is 371 g/mol. The van der Waals surface area contributed by atoms with Crippen molar-refractivity contribution >= 4 is 11.8 Å². The Labute approximate surface area is 160 Å². The predicted molar refractivity (Wildman–Crippen MR) is 105 cm³/mol. The van der Waals surface area contributed by atoms with Gasteiger partial charge in [0.1, 0.15) is 5.82 Å². The molecule has 1 aliphatic heterocycles. The van der Waals surface area contributed by atoms with Gasteiger partial charge in [0.2, 0.25) is 0 Å². The topological polar surface area (TPSA) is 73.6 Å². The number of hydrogen-bond acceptors (Lipinski definition) is 4. The number of aliphatic hydroxyl groups is 1. The van der Waals surface area contributed by atoms with Crippen molar-refractivity contribution in [1.82, 2.24) is 19.6 Å². The van der Waals surface area contributed by atoms with Gasteiger partial charge in [0, 0.05) is 45.3 Å². The summed E-state index contributed by atoms with van der Waals surface area (Å²) in [6.07, 6.45) is 0.970. The van der Waals surface area contributed by atoms with Crippen molar-refractivity contribution in [3.63, 3.8) is 0 Å². The molecule has 2 aromatic rings. The molecule has 1 aromatic carbocycles. The fourth-order valence-corrected chi connectivity index (χ4v) is 3.43. The van der Waals surface area contributed by atoms with Crippen molar-refractivity contribution in [2.45, 2.75) is 40.0 Å². The Hall–Kier alpha value is -2.38. The second-order valence-electron chi connectivity index (χ2n) is 7.01. The maximum atomic E-state index is 12.6. The third-order valence-corrected chi connectivity index (χ3v) is 4.91. The zero-order chi connectivity index (χ0) is 19.2. The molecule has 0 unspecified atom stereocenters. The van der Waals surface area contributed by atoms with Crippen LogP contribution in [0.1, 0.15) is 30.2 Å². The van der Waals surface area contributed by atoms with E-state index in [1.165, 1.54) is 0 Å². The summed E-state index contributed by atoms with van der Waals surface area (Å²) < 4.78 is 1.86. The molecule has 1 aromatic heterocycles. The molecule has 0 saturated carbocycles. The maximum absolute atomic E-state index is 12.6. The first kappa shape index (κ1) is 19.4. The van der Waals surface area contributed by atoms with Gasteiger partial charge in [0.25, 0.3) is 0 Å². The molecule has 7 heteroatoms. The minimum Gasteiger partial charge on any atom is -0.392 e. The third kappa shape index (κ3) is 4.87. The van der Waals surface area contributed by atoms with E-state index < -0.39 is 0 Å². The molecule has 1 fully saturated rings. The first-order chi connectivity index (χ1) is 13.1. The Morgan fingerprint density at radius 2 is 1.89 bits per heavy atom. The summed E-state index contributed by atoms with van der Waals surface area (Å²) in [4.78, 5) is 16.8. The van der Waals surface area contributed by atoms with Crippen LogP contribution in [0.4, 0.5) is 10.6 Å². The summed E-state index contributed by atoms with van der Waals surface area (Å²) in [5.74, 6) is 0.763. The lowest BCUT2D eigenvalue weighted by molar-refractivity contribution is 0.142. The van der Waals surface area contributed by atoms with Gasteiger partial charge in [-0.25, -0.2) is 9.48 Å². The zero-order valence-corrected chi connectivity index (χ0v) is 16.2. The molecule has 146 valence electrons. The fraction of sp³-hybridized carbons (Fsp3) is 0.500. The van der Waals surface area contributed by atoms with Gasteiger partial charge < -0.3 is 10.0 Å². The lowest BCUT2D eigenvalue weighted by Gasteiger charge is -2.35. The van der Waals surface area contributed by atoms with Crippen molar-refractivity contribution in [3.8, 4) is 0 Å². The van der Waals surface area contributed by atoms with Crippen LogP contribution in [0.15, 0.2) is 30.3 Å². The van der Waals surface area contributed by atoms with Crippen molar-refractivity contribution in [2.24, 2.45) is 0 Å². The molecule has 2 amide bonds. The first-order valence-corrected chi connectivity index (χ1v) is 9.61. The van der Waals surface area contributed by atoms with Crippen LogP contribution >= 0.6 is 0 Å². The number of benzene rings is 1. The van der Waals surface area contributed by atoms with E-state index in [0.29, 0.717) is 13.1 Å². The number of amides is 2. The molecule has 0 radical (unpaired) electrons. The van der Waals surface area contributed by atoms with E-state index in [1.54, 1.807) is 0 Å². The number of aromatic nitrogens is 2. The normalized spacial score (nSPS) is 15.1. The van der Waals surface area contributed by atoms with Crippen LogP contribution in [0, 0.1) is 6.92 Å². The van der Waals surface area contributed by atoms with Crippen molar-refractivity contribution in [1.29, 1.82) is 0 Å². The van der Waals surface area contributed by atoms with Gasteiger partial charge in [-0.05, 0) is 24.5 Å². The van der Waals surface area contributed by atoms with Crippen LogP contribution in [0.5, 0.6) is 0 Å². The number of hydrogen-bond donors (Lipinski definition) is 2. The van der Waals surface area contributed by atoms with Crippen LogP contribution in [-0.4, -0.2) is 56.9 Å². The highest BCUT2D eigenvalue weighted by molar-refractivity contribution is 5.88. The lowest BCUT2D eigenvalue weighted by Crippen LogP contribution is -2.49. The van der Waals surface area contributed by atoms with E-state index in [1.807, 2.05) is 40.8 Å². The molecule has 3 rings (SSSR count). The smallest absolute Gasteiger partial charge is 0.323 e. The highest BCUT2D eigenvalue weighted by Crippen LogP contribution is 2.15. The van der Waals surface area contributed by atoms with E-state index in [0.717, 1.165) is 55.2 Å². The van der Waals surface area contributed by atoms with Crippen LogP contribution in [0.2, 0.25) is 0 Å². The molecule has 2 heterocycles. The zero-order valence-electron chi connectivity index (χ0n) is 16.2. The fourth-order valence-electron chi connectivity index (χ4n) is 3.43. The van der Waals surface area contributed by atoms with Crippen LogP contribution in [-0.2, 0) is 19.7 Å². The van der Waals surface area contributed by atoms with E-state index >= 15 is 0 Å². The van der Waals surface area contributed by atoms with E-state index in [4.69, 9.17) is 0 Å². The number of anilines is 1.